The van der Waals surface area contributed by atoms with Gasteiger partial charge in [0.1, 0.15) is 12.2 Å². The minimum absolute atomic E-state index is 0.353. The normalized spacial score (nSPS) is 26.2. The van der Waals surface area contributed by atoms with E-state index in [-0.39, 0.29) is 5.91 Å². The number of likely N-dealkylation sites (N-methyl/N-ethyl adjacent to an activating group) is 1. The molecule has 1 fully saturated rings. The number of aliphatic hydroxyl groups excluding tert-OH is 2. The van der Waals surface area contributed by atoms with Gasteiger partial charge in [-0.1, -0.05) is 60.7 Å². The summed E-state index contributed by atoms with van der Waals surface area (Å²) >= 11 is 0. The Morgan fingerprint density at radius 1 is 1.00 bits per heavy atom. The van der Waals surface area contributed by atoms with Gasteiger partial charge in [0.25, 0.3) is 5.91 Å². The Kier molecular flexibility index (Phi) is 3.96. The van der Waals surface area contributed by atoms with Gasteiger partial charge in [0, 0.05) is 13.0 Å². The highest BCUT2D eigenvalue weighted by molar-refractivity contribution is 5.85. The number of aliphatic hydroxyl groups is 2. The zero-order valence-corrected chi connectivity index (χ0v) is 12.3. The molecular formula is C18H19NO3. The molecule has 2 N–H and O–H groups in total. The summed E-state index contributed by atoms with van der Waals surface area (Å²) in [6, 6.07) is 18.1. The van der Waals surface area contributed by atoms with E-state index in [9.17, 15) is 15.0 Å². The molecule has 0 aromatic heterocycles. The molecule has 0 radical (unpaired) electrons. The van der Waals surface area contributed by atoms with E-state index in [1.165, 1.54) is 4.90 Å². The summed E-state index contributed by atoms with van der Waals surface area (Å²) in [6.45, 7) is 0. The monoisotopic (exact) mass is 297 g/mol. The third-order valence-electron chi connectivity index (χ3n) is 4.41. The van der Waals surface area contributed by atoms with Crippen LogP contribution in [0.4, 0.5) is 0 Å². The zero-order chi connectivity index (χ0) is 15.7. The van der Waals surface area contributed by atoms with Crippen molar-refractivity contribution in [3.05, 3.63) is 71.8 Å². The number of amides is 1. The molecule has 0 aliphatic carbocycles. The fourth-order valence-electron chi connectivity index (χ4n) is 3.25. The van der Waals surface area contributed by atoms with Crippen LogP contribution in [-0.2, 0) is 4.79 Å². The van der Waals surface area contributed by atoms with Gasteiger partial charge in [-0.05, 0) is 11.1 Å². The van der Waals surface area contributed by atoms with Crippen LogP contribution in [0.5, 0.6) is 0 Å². The fraction of sp³-hybridized carbons (Fsp3) is 0.278. The molecule has 1 aliphatic rings. The average molecular weight is 297 g/mol. The van der Waals surface area contributed by atoms with Crippen LogP contribution in [-0.4, -0.2) is 40.2 Å². The van der Waals surface area contributed by atoms with Crippen LogP contribution < -0.4 is 0 Å². The van der Waals surface area contributed by atoms with Crippen LogP contribution in [0.3, 0.4) is 0 Å². The summed E-state index contributed by atoms with van der Waals surface area (Å²) in [5, 5.41) is 21.1. The molecule has 4 heteroatoms. The largest absolute Gasteiger partial charge is 0.386 e. The molecule has 1 amide bonds. The molecule has 22 heavy (non-hydrogen) atoms. The van der Waals surface area contributed by atoms with E-state index in [0.29, 0.717) is 0 Å². The first-order valence-corrected chi connectivity index (χ1v) is 7.34. The Labute approximate surface area is 129 Å². The Balaban J connectivity index is 2.01. The van der Waals surface area contributed by atoms with Crippen molar-refractivity contribution in [1.29, 1.82) is 0 Å². The summed E-state index contributed by atoms with van der Waals surface area (Å²) in [7, 11) is 1.63. The van der Waals surface area contributed by atoms with Crippen molar-refractivity contribution in [3.63, 3.8) is 0 Å². The lowest BCUT2D eigenvalue weighted by atomic mass is 9.85. The highest BCUT2D eigenvalue weighted by Gasteiger charge is 2.49. The predicted octanol–water partition coefficient (Wildman–Crippen LogP) is 1.71. The van der Waals surface area contributed by atoms with Gasteiger partial charge in [-0.25, -0.2) is 0 Å². The molecule has 0 saturated carbocycles. The number of carbonyl (C=O) groups excluding carboxylic acids is 1. The van der Waals surface area contributed by atoms with E-state index in [0.717, 1.165) is 11.1 Å². The van der Waals surface area contributed by atoms with Crippen molar-refractivity contribution >= 4 is 5.91 Å². The molecule has 1 heterocycles. The summed E-state index contributed by atoms with van der Waals surface area (Å²) in [4.78, 5) is 13.7. The third-order valence-corrected chi connectivity index (χ3v) is 4.41. The van der Waals surface area contributed by atoms with Gasteiger partial charge in [0.2, 0.25) is 0 Å². The van der Waals surface area contributed by atoms with Gasteiger partial charge >= 0.3 is 0 Å². The number of nitrogens with zero attached hydrogens (tertiary/aromatic N) is 1. The molecule has 3 rings (SSSR count). The molecule has 2 aromatic rings. The number of likely N-dealkylation sites (tertiary alicyclic amines) is 1. The maximum Gasteiger partial charge on any atom is 0.252 e. The molecular weight excluding hydrogens is 278 g/mol. The van der Waals surface area contributed by atoms with Crippen LogP contribution in [0.25, 0.3) is 0 Å². The first kappa shape index (κ1) is 14.8. The number of carbonyl (C=O) groups is 1. The molecule has 1 saturated heterocycles. The Bertz CT molecular complexity index is 644. The van der Waals surface area contributed by atoms with Gasteiger partial charge in [0.15, 0.2) is 0 Å². The van der Waals surface area contributed by atoms with E-state index < -0.39 is 24.2 Å². The molecule has 0 bridgehead atoms. The highest BCUT2D eigenvalue weighted by atomic mass is 16.3. The van der Waals surface area contributed by atoms with Crippen LogP contribution >= 0.6 is 0 Å². The standard InChI is InChI=1S/C18H19NO3/c1-19-15(16(20)13-10-6-3-7-11-13)14(17(21)18(19)22)12-8-4-2-5-9-12/h2-11,14-17,20-21H,1H3/t14-,15-,16-,17-/m1/s1. The Hall–Kier alpha value is -2.17. The van der Waals surface area contributed by atoms with Crippen molar-refractivity contribution in [2.45, 2.75) is 24.2 Å². The van der Waals surface area contributed by atoms with Gasteiger partial charge in [0.05, 0.1) is 6.04 Å². The van der Waals surface area contributed by atoms with Gasteiger partial charge < -0.3 is 15.1 Å². The van der Waals surface area contributed by atoms with E-state index >= 15 is 0 Å². The number of rotatable bonds is 3. The predicted molar refractivity (Wildman–Crippen MR) is 83.1 cm³/mol. The summed E-state index contributed by atoms with van der Waals surface area (Å²) in [5.74, 6) is -0.803. The third kappa shape index (κ3) is 2.40. The molecule has 0 spiro atoms. The van der Waals surface area contributed by atoms with E-state index in [2.05, 4.69) is 0 Å². The number of hydrogen-bond acceptors (Lipinski definition) is 3. The first-order valence-electron chi connectivity index (χ1n) is 7.34. The average Bonchev–Trinajstić information content (AvgIpc) is 2.80. The van der Waals surface area contributed by atoms with Gasteiger partial charge in [-0.2, -0.15) is 0 Å². The van der Waals surface area contributed by atoms with E-state index in [1.807, 2.05) is 60.7 Å². The van der Waals surface area contributed by atoms with Crippen LogP contribution in [0.15, 0.2) is 60.7 Å². The lowest BCUT2D eigenvalue weighted by Gasteiger charge is -2.30. The Morgan fingerprint density at radius 3 is 2.14 bits per heavy atom. The number of benzene rings is 2. The lowest BCUT2D eigenvalue weighted by molar-refractivity contribution is -0.135. The van der Waals surface area contributed by atoms with E-state index in [1.54, 1.807) is 7.05 Å². The first-order chi connectivity index (χ1) is 10.6. The molecule has 0 unspecified atom stereocenters. The second-order valence-electron chi connectivity index (χ2n) is 5.68. The highest BCUT2D eigenvalue weighted by Crippen LogP contribution is 2.40. The lowest BCUT2D eigenvalue weighted by Crippen LogP contribution is -2.36. The van der Waals surface area contributed by atoms with Crippen molar-refractivity contribution in [2.75, 3.05) is 7.05 Å². The number of hydrogen-bond donors (Lipinski definition) is 2. The van der Waals surface area contributed by atoms with Crippen molar-refractivity contribution in [1.82, 2.24) is 4.90 Å². The van der Waals surface area contributed by atoms with Crippen LogP contribution in [0.1, 0.15) is 23.1 Å². The Morgan fingerprint density at radius 2 is 1.55 bits per heavy atom. The maximum absolute atomic E-state index is 12.2. The fourth-order valence-corrected chi connectivity index (χ4v) is 3.25. The summed E-state index contributed by atoms with van der Waals surface area (Å²) in [6.07, 6.45) is -1.98. The molecule has 2 aromatic carbocycles. The SMILES string of the molecule is CN1C(=O)[C@H](O)[C@H](c2ccccc2)[C@@H]1[C@H](O)c1ccccc1. The van der Waals surface area contributed by atoms with Gasteiger partial charge in [-0.15, -0.1) is 0 Å². The minimum Gasteiger partial charge on any atom is -0.386 e. The van der Waals surface area contributed by atoms with Crippen LogP contribution in [0, 0.1) is 0 Å². The zero-order valence-electron chi connectivity index (χ0n) is 12.3. The second kappa shape index (κ2) is 5.91. The smallest absolute Gasteiger partial charge is 0.252 e. The summed E-state index contributed by atoms with van der Waals surface area (Å²) in [5.41, 5.74) is 1.59. The molecule has 4 nitrogen and oxygen atoms in total. The second-order valence-corrected chi connectivity index (χ2v) is 5.68. The van der Waals surface area contributed by atoms with Gasteiger partial charge in [-0.3, -0.25) is 4.79 Å². The topological polar surface area (TPSA) is 60.8 Å². The molecule has 4 atom stereocenters. The summed E-state index contributed by atoms with van der Waals surface area (Å²) < 4.78 is 0. The quantitative estimate of drug-likeness (QED) is 0.906. The van der Waals surface area contributed by atoms with Crippen molar-refractivity contribution in [3.8, 4) is 0 Å². The molecule has 114 valence electrons. The maximum atomic E-state index is 12.2. The van der Waals surface area contributed by atoms with Crippen LogP contribution in [0.2, 0.25) is 0 Å². The van der Waals surface area contributed by atoms with Crippen molar-refractivity contribution < 1.29 is 15.0 Å². The van der Waals surface area contributed by atoms with Crippen molar-refractivity contribution in [2.24, 2.45) is 0 Å². The van der Waals surface area contributed by atoms with E-state index in [4.69, 9.17) is 0 Å². The molecule has 1 aliphatic heterocycles. The minimum atomic E-state index is -1.13.